The zero-order chi connectivity index (χ0) is 25.8. The van der Waals surface area contributed by atoms with Gasteiger partial charge in [-0.1, -0.05) is 12.5 Å². The molecule has 1 saturated carbocycles. The Morgan fingerprint density at radius 3 is 2.70 bits per heavy atom. The third-order valence-corrected chi connectivity index (χ3v) is 7.46. The van der Waals surface area contributed by atoms with Crippen molar-refractivity contribution in [2.24, 2.45) is 0 Å². The molecule has 37 heavy (non-hydrogen) atoms. The Hall–Kier alpha value is -3.33. The van der Waals surface area contributed by atoms with Gasteiger partial charge in [-0.2, -0.15) is 5.10 Å². The largest absolute Gasteiger partial charge is 0.504 e. The average Bonchev–Trinajstić information content (AvgIpc) is 3.35. The maximum absolute atomic E-state index is 13.5. The summed E-state index contributed by atoms with van der Waals surface area (Å²) in [4.78, 5) is 18.1. The van der Waals surface area contributed by atoms with Gasteiger partial charge in [-0.15, -0.1) is 0 Å². The smallest absolute Gasteiger partial charge is 0.255 e. The van der Waals surface area contributed by atoms with Gasteiger partial charge in [0.25, 0.3) is 5.91 Å². The van der Waals surface area contributed by atoms with Crippen molar-refractivity contribution in [1.29, 1.82) is 0 Å². The monoisotopic (exact) mass is 507 g/mol. The van der Waals surface area contributed by atoms with Gasteiger partial charge in [-0.05, 0) is 70.1 Å². The molecule has 1 saturated heterocycles. The highest BCUT2D eigenvalue weighted by Crippen LogP contribution is 2.33. The fourth-order valence-electron chi connectivity index (χ4n) is 5.26. The lowest BCUT2D eigenvalue weighted by molar-refractivity contribution is 0.0903. The maximum atomic E-state index is 13.5. The van der Waals surface area contributed by atoms with Crippen molar-refractivity contribution < 1.29 is 19.4 Å². The highest BCUT2D eigenvalue weighted by atomic mass is 16.5. The predicted octanol–water partition coefficient (Wildman–Crippen LogP) is 4.95. The number of pyridine rings is 1. The zero-order valence-electron chi connectivity index (χ0n) is 21.7. The Bertz CT molecular complexity index is 1230. The zero-order valence-corrected chi connectivity index (χ0v) is 21.7. The summed E-state index contributed by atoms with van der Waals surface area (Å²) < 4.78 is 13.4. The number of benzene rings is 1. The van der Waals surface area contributed by atoms with Crippen LogP contribution in [0.2, 0.25) is 0 Å². The van der Waals surface area contributed by atoms with E-state index in [9.17, 15) is 9.90 Å². The van der Waals surface area contributed by atoms with Gasteiger partial charge in [-0.3, -0.25) is 4.79 Å². The summed E-state index contributed by atoms with van der Waals surface area (Å²) in [5.74, 6) is 0.364. The van der Waals surface area contributed by atoms with E-state index >= 15 is 0 Å². The van der Waals surface area contributed by atoms with E-state index in [2.05, 4.69) is 20.7 Å². The summed E-state index contributed by atoms with van der Waals surface area (Å²) in [5, 5.41) is 22.6. The normalized spacial score (nSPS) is 18.0. The molecule has 2 fully saturated rings. The molecule has 1 atom stereocenters. The molecule has 3 N–H and O–H groups in total. The molecule has 1 aliphatic heterocycles. The average molecular weight is 508 g/mol. The topological polar surface area (TPSA) is 111 Å². The van der Waals surface area contributed by atoms with Crippen molar-refractivity contribution in [2.75, 3.05) is 18.5 Å². The summed E-state index contributed by atoms with van der Waals surface area (Å²) in [6, 6.07) is 5.26. The molecule has 1 amide bonds. The number of nitrogens with one attached hydrogen (secondary N) is 2. The van der Waals surface area contributed by atoms with Crippen LogP contribution in [-0.4, -0.2) is 51.1 Å². The molecule has 1 aromatic carbocycles. The Balaban J connectivity index is 1.34. The highest BCUT2D eigenvalue weighted by molar-refractivity contribution is 6.06. The van der Waals surface area contributed by atoms with Gasteiger partial charge in [0, 0.05) is 32.0 Å². The molecular weight excluding hydrogens is 470 g/mol. The molecular formula is C28H37N5O4. The maximum Gasteiger partial charge on any atom is 0.255 e. The molecule has 2 aliphatic rings. The fraction of sp³-hybridized carbons (Fsp3) is 0.536. The summed E-state index contributed by atoms with van der Waals surface area (Å²) in [7, 11) is 0. The van der Waals surface area contributed by atoms with Gasteiger partial charge in [-0.25, -0.2) is 9.67 Å². The first kappa shape index (κ1) is 25.3. The second kappa shape index (κ2) is 11.4. The number of nitrogens with zero attached hydrogens (tertiary/aromatic N) is 3. The molecule has 1 aliphatic carbocycles. The number of aryl methyl sites for hydroxylation is 1. The Morgan fingerprint density at radius 1 is 1.19 bits per heavy atom. The van der Waals surface area contributed by atoms with Crippen molar-refractivity contribution >= 4 is 22.6 Å². The SMILES string of the molecule is CCn1ncc2c(NC3CCOCC3)c(C(=O)NC(C)c3ccc(OC4CCCCC4)c(O)c3)cnc21. The number of aromatic nitrogens is 3. The van der Waals surface area contributed by atoms with Crippen LogP contribution in [0.4, 0.5) is 5.69 Å². The molecule has 9 nitrogen and oxygen atoms in total. The van der Waals surface area contributed by atoms with Crippen LogP contribution in [0.15, 0.2) is 30.6 Å². The van der Waals surface area contributed by atoms with E-state index in [0.29, 0.717) is 31.1 Å². The van der Waals surface area contributed by atoms with Crippen molar-refractivity contribution in [2.45, 2.75) is 83.5 Å². The Labute approximate surface area is 217 Å². The van der Waals surface area contributed by atoms with Gasteiger partial charge in [0.15, 0.2) is 17.1 Å². The molecule has 5 rings (SSSR count). The minimum atomic E-state index is -0.327. The van der Waals surface area contributed by atoms with Crippen LogP contribution < -0.4 is 15.4 Å². The lowest BCUT2D eigenvalue weighted by Crippen LogP contribution is -2.31. The second-order valence-corrected chi connectivity index (χ2v) is 10.1. The number of hydrogen-bond donors (Lipinski definition) is 3. The quantitative estimate of drug-likeness (QED) is 0.396. The Kier molecular flexibility index (Phi) is 7.79. The minimum absolute atomic E-state index is 0.0983. The van der Waals surface area contributed by atoms with Crippen LogP contribution in [0.1, 0.15) is 80.8 Å². The van der Waals surface area contributed by atoms with Crippen molar-refractivity contribution in [3.63, 3.8) is 0 Å². The number of anilines is 1. The number of carbonyl (C=O) groups excluding carboxylic acids is 1. The standard InChI is InChI=1S/C28H37N5O4/c1-3-33-27-22(17-30-33)26(32-20-11-13-36-14-12-20)23(16-29-27)28(35)31-18(2)19-9-10-25(24(34)15-19)37-21-7-5-4-6-8-21/h9-10,15-18,20-21,34H,3-8,11-14H2,1-2H3,(H,29,32)(H,31,35). The number of fused-ring (bicyclic) bond motifs is 1. The lowest BCUT2D eigenvalue weighted by atomic mass is 9.98. The van der Waals surface area contributed by atoms with E-state index in [0.717, 1.165) is 60.8 Å². The lowest BCUT2D eigenvalue weighted by Gasteiger charge is -2.26. The van der Waals surface area contributed by atoms with Gasteiger partial charge in [0.1, 0.15) is 0 Å². The van der Waals surface area contributed by atoms with Gasteiger partial charge in [0.05, 0.1) is 35.0 Å². The van der Waals surface area contributed by atoms with Crippen molar-refractivity contribution in [3.8, 4) is 11.5 Å². The fourth-order valence-corrected chi connectivity index (χ4v) is 5.26. The first-order chi connectivity index (χ1) is 18.0. The van der Waals surface area contributed by atoms with Crippen molar-refractivity contribution in [3.05, 3.63) is 41.7 Å². The third-order valence-electron chi connectivity index (χ3n) is 7.46. The highest BCUT2D eigenvalue weighted by Gasteiger charge is 2.24. The molecule has 0 radical (unpaired) electrons. The number of phenolic OH excluding ortho intramolecular Hbond substituents is 1. The van der Waals surface area contributed by atoms with Crippen LogP contribution in [0.5, 0.6) is 11.5 Å². The third kappa shape index (κ3) is 5.66. The summed E-state index contributed by atoms with van der Waals surface area (Å²) in [6.07, 6.45) is 10.9. The first-order valence-electron chi connectivity index (χ1n) is 13.5. The summed E-state index contributed by atoms with van der Waals surface area (Å²) in [6.45, 7) is 6.01. The van der Waals surface area contributed by atoms with Crippen LogP contribution in [0.25, 0.3) is 11.0 Å². The molecule has 2 aromatic heterocycles. The Morgan fingerprint density at radius 2 is 1.97 bits per heavy atom. The van der Waals surface area contributed by atoms with Crippen LogP contribution in [0, 0.1) is 0 Å². The van der Waals surface area contributed by atoms with E-state index < -0.39 is 0 Å². The van der Waals surface area contributed by atoms with Gasteiger partial charge >= 0.3 is 0 Å². The number of aromatic hydroxyl groups is 1. The van der Waals surface area contributed by atoms with E-state index in [1.165, 1.54) is 6.42 Å². The summed E-state index contributed by atoms with van der Waals surface area (Å²) in [5.41, 5.74) is 2.78. The minimum Gasteiger partial charge on any atom is -0.504 e. The number of hydrogen-bond acceptors (Lipinski definition) is 7. The molecule has 3 heterocycles. The van der Waals surface area contributed by atoms with E-state index in [-0.39, 0.29) is 29.8 Å². The first-order valence-corrected chi connectivity index (χ1v) is 13.5. The number of phenols is 1. The molecule has 1 unspecified atom stereocenters. The van der Waals surface area contributed by atoms with E-state index in [1.54, 1.807) is 24.5 Å². The number of ether oxygens (including phenoxy) is 2. The number of amides is 1. The van der Waals surface area contributed by atoms with Gasteiger partial charge in [0.2, 0.25) is 0 Å². The molecule has 0 bridgehead atoms. The van der Waals surface area contributed by atoms with E-state index in [4.69, 9.17) is 9.47 Å². The van der Waals surface area contributed by atoms with E-state index in [1.807, 2.05) is 24.6 Å². The molecule has 0 spiro atoms. The predicted molar refractivity (Wildman–Crippen MR) is 142 cm³/mol. The molecule has 3 aromatic rings. The number of carbonyl (C=O) groups is 1. The number of rotatable bonds is 8. The van der Waals surface area contributed by atoms with Gasteiger partial charge < -0.3 is 25.2 Å². The summed E-state index contributed by atoms with van der Waals surface area (Å²) >= 11 is 0. The van der Waals surface area contributed by atoms with Crippen LogP contribution >= 0.6 is 0 Å². The second-order valence-electron chi connectivity index (χ2n) is 10.1. The molecule has 198 valence electrons. The van der Waals surface area contributed by atoms with Crippen molar-refractivity contribution in [1.82, 2.24) is 20.1 Å². The van der Waals surface area contributed by atoms with Crippen LogP contribution in [0.3, 0.4) is 0 Å². The van der Waals surface area contributed by atoms with Crippen LogP contribution in [-0.2, 0) is 11.3 Å². The molecule has 9 heteroatoms.